The van der Waals surface area contributed by atoms with E-state index in [0.717, 1.165) is 0 Å². The third-order valence-corrected chi connectivity index (χ3v) is 0. The summed E-state index contributed by atoms with van der Waals surface area (Å²) in [4.78, 5) is 36.0. The molecule has 0 rings (SSSR count). The Balaban J connectivity index is 0. The fourth-order valence-electron chi connectivity index (χ4n) is 0. The van der Waals surface area contributed by atoms with E-state index in [0.29, 0.717) is 0 Å². The molecule has 0 aromatic heterocycles. The summed E-state index contributed by atoms with van der Waals surface area (Å²) in [7, 11) is -3.54. The Morgan fingerprint density at radius 2 is 1.00 bits per heavy atom. The highest BCUT2D eigenvalue weighted by Gasteiger charge is 1.76. The van der Waals surface area contributed by atoms with Crippen LogP contribution in [0.1, 0.15) is 0 Å². The standard InChI is InChI=1S/H3O3P.H3O2P/c1-4(2)3;1-3-2/h1-3H;1-3H. The molecule has 46 valence electrons. The van der Waals surface area contributed by atoms with E-state index in [2.05, 4.69) is 0 Å². The molecule has 0 aliphatic heterocycles. The van der Waals surface area contributed by atoms with Crippen LogP contribution in [0.15, 0.2) is 0 Å². The van der Waals surface area contributed by atoms with Crippen LogP contribution in [0.3, 0.4) is 0 Å². The molecular formula is H6O5P2. The topological polar surface area (TPSA) is 101 Å². The van der Waals surface area contributed by atoms with Crippen molar-refractivity contribution in [2.45, 2.75) is 0 Å². The first-order valence-electron chi connectivity index (χ1n) is 1.05. The Hall–Kier alpha value is 0.660. The second kappa shape index (κ2) is 9.83. The minimum absolute atomic E-state index is 0.917. The molecule has 7 heavy (non-hydrogen) atoms. The summed E-state index contributed by atoms with van der Waals surface area (Å²) in [6, 6.07) is 0. The Labute approximate surface area is 43.2 Å². The maximum atomic E-state index is 7.23. The van der Waals surface area contributed by atoms with Gasteiger partial charge in [-0.2, -0.15) is 0 Å². The van der Waals surface area contributed by atoms with Gasteiger partial charge in [-0.25, -0.2) is 0 Å². The smallest absolute Gasteiger partial charge is 0.324 e. The average molecular weight is 148 g/mol. The van der Waals surface area contributed by atoms with Crippen LogP contribution in [-0.4, -0.2) is 24.5 Å². The molecule has 0 unspecified atom stereocenters. The first-order chi connectivity index (χ1) is 3.15. The molecule has 0 aromatic carbocycles. The summed E-state index contributed by atoms with van der Waals surface area (Å²) in [5, 5.41) is 0. The van der Waals surface area contributed by atoms with Crippen LogP contribution in [0.2, 0.25) is 0 Å². The monoisotopic (exact) mass is 148 g/mol. The van der Waals surface area contributed by atoms with E-state index in [1.165, 1.54) is 0 Å². The van der Waals surface area contributed by atoms with E-state index in [1.54, 1.807) is 0 Å². The molecule has 7 heteroatoms. The summed E-state index contributed by atoms with van der Waals surface area (Å²) in [6.07, 6.45) is 0. The minimum Gasteiger partial charge on any atom is -0.352 e. The zero-order valence-corrected chi connectivity index (χ0v) is 5.08. The van der Waals surface area contributed by atoms with Gasteiger partial charge >= 0.3 is 8.60 Å². The van der Waals surface area contributed by atoms with Crippen LogP contribution in [-0.2, 0) is 0 Å². The van der Waals surface area contributed by atoms with Crippen molar-refractivity contribution in [3.05, 3.63) is 0 Å². The highest BCUT2D eigenvalue weighted by Crippen LogP contribution is 2.11. The fourth-order valence-corrected chi connectivity index (χ4v) is 0. The second-order valence-corrected chi connectivity index (χ2v) is 1.10. The van der Waals surface area contributed by atoms with Crippen LogP contribution in [0.25, 0.3) is 0 Å². The largest absolute Gasteiger partial charge is 0.352 e. The van der Waals surface area contributed by atoms with Crippen molar-refractivity contribution in [1.29, 1.82) is 0 Å². The lowest BCUT2D eigenvalue weighted by Gasteiger charge is -1.76. The van der Waals surface area contributed by atoms with Crippen LogP contribution in [0.5, 0.6) is 0 Å². The van der Waals surface area contributed by atoms with Crippen molar-refractivity contribution in [1.82, 2.24) is 0 Å². The summed E-state index contributed by atoms with van der Waals surface area (Å²) in [6.45, 7) is 0. The van der Waals surface area contributed by atoms with Crippen molar-refractivity contribution in [3.8, 4) is 0 Å². The zero-order chi connectivity index (χ0) is 6.28. The Kier molecular flexibility index (Phi) is 14.9. The first kappa shape index (κ1) is 10.6. The van der Waals surface area contributed by atoms with Crippen molar-refractivity contribution >= 4 is 17.6 Å². The molecule has 0 saturated heterocycles. The van der Waals surface area contributed by atoms with E-state index in [9.17, 15) is 0 Å². The van der Waals surface area contributed by atoms with Crippen LogP contribution < -0.4 is 0 Å². The summed E-state index contributed by atoms with van der Waals surface area (Å²) < 4.78 is 0. The Bertz CT molecular complexity index is 17.3. The van der Waals surface area contributed by atoms with E-state index >= 15 is 0 Å². The summed E-state index contributed by atoms with van der Waals surface area (Å²) in [5.74, 6) is 0. The van der Waals surface area contributed by atoms with Gasteiger partial charge in [-0.05, 0) is 0 Å². The van der Waals surface area contributed by atoms with Gasteiger partial charge in [0.15, 0.2) is 0 Å². The number of hydrogen-bond acceptors (Lipinski definition) is 5. The molecule has 0 heterocycles. The second-order valence-electron chi connectivity index (χ2n) is 0.368. The van der Waals surface area contributed by atoms with Gasteiger partial charge in [-0.1, -0.05) is 0 Å². The van der Waals surface area contributed by atoms with Gasteiger partial charge in [-0.15, -0.1) is 0 Å². The molecular weight excluding hydrogens is 142 g/mol. The third kappa shape index (κ3) is 332. The highest BCUT2D eigenvalue weighted by atomic mass is 31.2. The van der Waals surface area contributed by atoms with Gasteiger partial charge in [0, 0.05) is 0 Å². The highest BCUT2D eigenvalue weighted by molar-refractivity contribution is 7.38. The molecule has 0 aliphatic rings. The normalized spacial score (nSPS) is 7.71. The van der Waals surface area contributed by atoms with E-state index < -0.39 is 17.6 Å². The van der Waals surface area contributed by atoms with Crippen molar-refractivity contribution in [3.63, 3.8) is 0 Å². The lowest BCUT2D eigenvalue weighted by Crippen LogP contribution is -1.54. The SMILES string of the molecule is OP(O)O.OPO. The van der Waals surface area contributed by atoms with Gasteiger partial charge in [-0.3, -0.25) is 0 Å². The molecule has 0 aromatic rings. The molecule has 0 bridgehead atoms. The molecule has 5 nitrogen and oxygen atoms in total. The molecule has 0 aliphatic carbocycles. The lowest BCUT2D eigenvalue weighted by molar-refractivity contribution is 0.368. The molecule has 0 radical (unpaired) electrons. The molecule has 5 N–H and O–H groups in total. The maximum Gasteiger partial charge on any atom is 0.324 e. The number of rotatable bonds is 0. The molecule has 0 saturated carbocycles. The Morgan fingerprint density at radius 1 is 1.00 bits per heavy atom. The quantitative estimate of drug-likeness (QED) is 0.274. The van der Waals surface area contributed by atoms with E-state index in [-0.39, 0.29) is 0 Å². The fraction of sp³-hybridized carbons (Fsp3) is 0. The van der Waals surface area contributed by atoms with E-state index in [4.69, 9.17) is 24.5 Å². The van der Waals surface area contributed by atoms with Gasteiger partial charge in [0.05, 0.1) is 0 Å². The molecule has 0 atom stereocenters. The van der Waals surface area contributed by atoms with Gasteiger partial charge < -0.3 is 24.5 Å². The van der Waals surface area contributed by atoms with Gasteiger partial charge in [0.1, 0.15) is 9.03 Å². The summed E-state index contributed by atoms with van der Waals surface area (Å²) >= 11 is 0. The van der Waals surface area contributed by atoms with Crippen molar-refractivity contribution in [2.24, 2.45) is 0 Å². The third-order valence-electron chi connectivity index (χ3n) is 0. The average Bonchev–Trinajstić information content (AvgIpc) is 1.33. The number of hydrogen-bond donors (Lipinski definition) is 5. The summed E-state index contributed by atoms with van der Waals surface area (Å²) in [5.41, 5.74) is 0. The molecule has 0 amide bonds. The first-order valence-corrected chi connectivity index (χ1v) is 3.14. The molecule has 0 spiro atoms. The van der Waals surface area contributed by atoms with Gasteiger partial charge in [0.2, 0.25) is 0 Å². The minimum atomic E-state index is -2.62. The van der Waals surface area contributed by atoms with Crippen molar-refractivity contribution in [2.75, 3.05) is 0 Å². The zero-order valence-electron chi connectivity index (χ0n) is 3.18. The lowest BCUT2D eigenvalue weighted by atomic mass is 15.8. The van der Waals surface area contributed by atoms with E-state index in [1.807, 2.05) is 0 Å². The Morgan fingerprint density at radius 3 is 1.00 bits per heavy atom. The van der Waals surface area contributed by atoms with Gasteiger partial charge in [0.25, 0.3) is 0 Å². The maximum absolute atomic E-state index is 7.23. The van der Waals surface area contributed by atoms with Crippen LogP contribution >= 0.6 is 17.6 Å². The van der Waals surface area contributed by atoms with Crippen LogP contribution in [0, 0.1) is 0 Å². The molecule has 0 fully saturated rings. The predicted molar refractivity (Wildman–Crippen MR) is 26.3 cm³/mol. The van der Waals surface area contributed by atoms with Crippen molar-refractivity contribution < 1.29 is 24.5 Å². The predicted octanol–water partition coefficient (Wildman–Crippen LogP) is -1.33. The van der Waals surface area contributed by atoms with Crippen LogP contribution in [0.4, 0.5) is 0 Å².